The summed E-state index contributed by atoms with van der Waals surface area (Å²) in [6.07, 6.45) is 6.52. The first-order chi connectivity index (χ1) is 7.04. The van der Waals surface area contributed by atoms with Crippen LogP contribution in [0.5, 0.6) is 0 Å². The second-order valence-corrected chi connectivity index (χ2v) is 4.47. The summed E-state index contributed by atoms with van der Waals surface area (Å²) in [5, 5.41) is 0. The van der Waals surface area contributed by atoms with Gasteiger partial charge in [0.2, 0.25) is 0 Å². The zero-order valence-corrected chi connectivity index (χ0v) is 8.23. The topological polar surface area (TPSA) is 52.6 Å². The predicted molar refractivity (Wildman–Crippen MR) is 49.7 cm³/mol. The van der Waals surface area contributed by atoms with Gasteiger partial charge in [-0.25, -0.2) is 4.79 Å². The molecular formula is C11H10O4. The molecule has 2 aliphatic heterocycles. The molecule has 4 heteroatoms. The van der Waals surface area contributed by atoms with Crippen molar-refractivity contribution in [1.29, 1.82) is 0 Å². The Morgan fingerprint density at radius 2 is 2.20 bits per heavy atom. The van der Waals surface area contributed by atoms with Crippen LogP contribution in [-0.4, -0.2) is 23.6 Å². The number of carbonyl (C=O) groups is 2. The molecular weight excluding hydrogens is 196 g/mol. The molecule has 1 aliphatic carbocycles. The van der Waals surface area contributed by atoms with Gasteiger partial charge in [0.05, 0.1) is 0 Å². The molecule has 2 heterocycles. The molecule has 3 rings (SSSR count). The highest BCUT2D eigenvalue weighted by Crippen LogP contribution is 2.50. The molecule has 0 aromatic carbocycles. The van der Waals surface area contributed by atoms with Crippen molar-refractivity contribution in [3.63, 3.8) is 0 Å². The maximum Gasteiger partial charge on any atom is 0.331 e. The number of carbonyl (C=O) groups excluding carboxylic acids is 2. The third-order valence-electron chi connectivity index (χ3n) is 3.24. The summed E-state index contributed by atoms with van der Waals surface area (Å²) in [6.45, 7) is 1.86. The summed E-state index contributed by atoms with van der Waals surface area (Å²) >= 11 is 0. The molecule has 15 heavy (non-hydrogen) atoms. The summed E-state index contributed by atoms with van der Waals surface area (Å²) in [5.41, 5.74) is -1.32. The van der Waals surface area contributed by atoms with Crippen molar-refractivity contribution < 1.29 is 19.1 Å². The van der Waals surface area contributed by atoms with Gasteiger partial charge in [0, 0.05) is 12.5 Å². The summed E-state index contributed by atoms with van der Waals surface area (Å²) in [4.78, 5) is 22.9. The Morgan fingerprint density at radius 1 is 1.40 bits per heavy atom. The molecule has 0 N–H and O–H groups in total. The van der Waals surface area contributed by atoms with Gasteiger partial charge in [-0.2, -0.15) is 0 Å². The van der Waals surface area contributed by atoms with Crippen LogP contribution in [0.4, 0.5) is 0 Å². The molecule has 4 nitrogen and oxygen atoms in total. The Balaban J connectivity index is 2.15. The van der Waals surface area contributed by atoms with Gasteiger partial charge < -0.3 is 9.47 Å². The van der Waals surface area contributed by atoms with Crippen LogP contribution in [0.15, 0.2) is 24.3 Å². The fourth-order valence-corrected chi connectivity index (χ4v) is 2.52. The van der Waals surface area contributed by atoms with Gasteiger partial charge in [0.1, 0.15) is 17.1 Å². The number of esters is 2. The standard InChI is InChI=1S/C11H10O4/c1-10-4-2-7-11(6-10,9(13)15-10)5-3-8(12)14-7/h2-5,7H,6H2,1H3. The zero-order valence-electron chi connectivity index (χ0n) is 8.23. The highest BCUT2D eigenvalue weighted by Gasteiger charge is 2.61. The van der Waals surface area contributed by atoms with E-state index in [1.54, 1.807) is 18.2 Å². The number of hydrogen-bond acceptors (Lipinski definition) is 4. The van der Waals surface area contributed by atoms with E-state index in [0.29, 0.717) is 6.42 Å². The van der Waals surface area contributed by atoms with E-state index in [-0.39, 0.29) is 5.97 Å². The maximum atomic E-state index is 11.8. The molecule has 1 spiro atoms. The Kier molecular flexibility index (Phi) is 1.35. The second kappa shape index (κ2) is 2.32. The summed E-state index contributed by atoms with van der Waals surface area (Å²) in [7, 11) is 0. The summed E-state index contributed by atoms with van der Waals surface area (Å²) < 4.78 is 10.4. The number of hydrogen-bond donors (Lipinski definition) is 0. The molecule has 1 saturated heterocycles. The monoisotopic (exact) mass is 206 g/mol. The number of fused-ring (bicyclic) bond motifs is 1. The van der Waals surface area contributed by atoms with Gasteiger partial charge in [-0.1, -0.05) is 6.08 Å². The van der Waals surface area contributed by atoms with Gasteiger partial charge in [0.15, 0.2) is 0 Å². The Bertz CT molecular complexity index is 422. The fraction of sp³-hybridized carbons (Fsp3) is 0.455. The van der Waals surface area contributed by atoms with E-state index in [0.717, 1.165) is 0 Å². The second-order valence-electron chi connectivity index (χ2n) is 4.47. The maximum absolute atomic E-state index is 11.8. The van der Waals surface area contributed by atoms with Crippen molar-refractivity contribution in [2.24, 2.45) is 5.41 Å². The van der Waals surface area contributed by atoms with Crippen molar-refractivity contribution in [2.75, 3.05) is 0 Å². The fourth-order valence-electron chi connectivity index (χ4n) is 2.52. The first-order valence-electron chi connectivity index (χ1n) is 4.87. The van der Waals surface area contributed by atoms with Crippen molar-refractivity contribution in [2.45, 2.75) is 25.0 Å². The Hall–Kier alpha value is -1.58. The van der Waals surface area contributed by atoms with E-state index in [1.165, 1.54) is 6.08 Å². The molecule has 0 amide bonds. The van der Waals surface area contributed by atoms with Crippen LogP contribution in [0.25, 0.3) is 0 Å². The lowest BCUT2D eigenvalue weighted by Crippen LogP contribution is -2.44. The molecule has 0 aromatic heterocycles. The van der Waals surface area contributed by atoms with E-state index < -0.39 is 23.1 Å². The lowest BCUT2D eigenvalue weighted by molar-refractivity contribution is -0.157. The van der Waals surface area contributed by atoms with Gasteiger partial charge in [-0.05, 0) is 19.1 Å². The van der Waals surface area contributed by atoms with E-state index in [1.807, 2.05) is 6.92 Å². The quantitative estimate of drug-likeness (QED) is 0.433. The molecule has 2 bridgehead atoms. The van der Waals surface area contributed by atoms with Gasteiger partial charge in [-0.15, -0.1) is 0 Å². The van der Waals surface area contributed by atoms with Crippen molar-refractivity contribution >= 4 is 11.9 Å². The SMILES string of the molecule is CC12C=CC3OC(=O)C=CC3(C1)C(=O)O2. The van der Waals surface area contributed by atoms with Crippen LogP contribution in [0.3, 0.4) is 0 Å². The molecule has 3 unspecified atom stereocenters. The minimum atomic E-state index is -0.780. The van der Waals surface area contributed by atoms with Crippen LogP contribution in [0, 0.1) is 5.41 Å². The minimum absolute atomic E-state index is 0.302. The smallest absolute Gasteiger partial charge is 0.331 e. The molecule has 0 aromatic rings. The van der Waals surface area contributed by atoms with E-state index >= 15 is 0 Å². The zero-order chi connectivity index (χ0) is 10.7. The summed E-state index contributed by atoms with van der Waals surface area (Å²) in [6, 6.07) is 0. The van der Waals surface area contributed by atoms with Gasteiger partial charge in [0.25, 0.3) is 0 Å². The van der Waals surface area contributed by atoms with Crippen molar-refractivity contribution in [3.8, 4) is 0 Å². The third-order valence-corrected chi connectivity index (χ3v) is 3.24. The van der Waals surface area contributed by atoms with Crippen LogP contribution < -0.4 is 0 Å². The highest BCUT2D eigenvalue weighted by atomic mass is 16.6. The van der Waals surface area contributed by atoms with Crippen LogP contribution in [-0.2, 0) is 19.1 Å². The van der Waals surface area contributed by atoms with E-state index in [9.17, 15) is 9.59 Å². The minimum Gasteiger partial charge on any atom is -0.454 e. The number of rotatable bonds is 0. The lowest BCUT2D eigenvalue weighted by Gasteiger charge is -2.34. The van der Waals surface area contributed by atoms with E-state index in [4.69, 9.17) is 9.47 Å². The van der Waals surface area contributed by atoms with Crippen molar-refractivity contribution in [1.82, 2.24) is 0 Å². The molecule has 3 aliphatic rings. The van der Waals surface area contributed by atoms with Crippen LogP contribution >= 0.6 is 0 Å². The average Bonchev–Trinajstić information content (AvgIpc) is 2.37. The summed E-state index contributed by atoms with van der Waals surface area (Å²) in [5.74, 6) is -0.706. The largest absolute Gasteiger partial charge is 0.454 e. The van der Waals surface area contributed by atoms with Gasteiger partial charge >= 0.3 is 11.9 Å². The van der Waals surface area contributed by atoms with Crippen LogP contribution in [0.1, 0.15) is 13.3 Å². The Labute approximate surface area is 86.5 Å². The van der Waals surface area contributed by atoms with E-state index in [2.05, 4.69) is 0 Å². The molecule has 3 atom stereocenters. The third kappa shape index (κ3) is 0.963. The number of ether oxygens (including phenoxy) is 2. The molecule has 0 saturated carbocycles. The van der Waals surface area contributed by atoms with Crippen LogP contribution in [0.2, 0.25) is 0 Å². The lowest BCUT2D eigenvalue weighted by atomic mass is 9.71. The van der Waals surface area contributed by atoms with Gasteiger partial charge in [-0.3, -0.25) is 4.79 Å². The Morgan fingerprint density at radius 3 is 3.00 bits per heavy atom. The molecule has 0 radical (unpaired) electrons. The molecule has 78 valence electrons. The predicted octanol–water partition coefficient (Wildman–Crippen LogP) is 0.730. The first-order valence-corrected chi connectivity index (χ1v) is 4.87. The van der Waals surface area contributed by atoms with Crippen molar-refractivity contribution in [3.05, 3.63) is 24.3 Å². The molecule has 1 fully saturated rings. The highest BCUT2D eigenvalue weighted by molar-refractivity contribution is 5.91. The first kappa shape index (κ1) is 8.71. The average molecular weight is 206 g/mol. The normalized spacial score (nSPS) is 46.1.